The van der Waals surface area contributed by atoms with Gasteiger partial charge in [-0.2, -0.15) is 0 Å². The monoisotopic (exact) mass is 416 g/mol. The number of fused-ring (bicyclic) bond motifs is 4. The van der Waals surface area contributed by atoms with Crippen LogP contribution in [-0.2, 0) is 0 Å². The van der Waals surface area contributed by atoms with Gasteiger partial charge >= 0.3 is 0 Å². The molecule has 9 atom stereocenters. The predicted octanol–water partition coefficient (Wildman–Crippen LogP) is 6.75. The molecule has 0 aromatic heterocycles. The van der Waals surface area contributed by atoms with Crippen LogP contribution in [0.4, 0.5) is 0 Å². The molecule has 0 spiro atoms. The molecule has 172 valence electrons. The van der Waals surface area contributed by atoms with Crippen molar-refractivity contribution in [3.05, 3.63) is 11.1 Å². The van der Waals surface area contributed by atoms with E-state index >= 15 is 0 Å². The van der Waals surface area contributed by atoms with Crippen LogP contribution in [0.15, 0.2) is 11.1 Å². The first-order chi connectivity index (χ1) is 14.1. The first-order valence-electron chi connectivity index (χ1n) is 13.2. The van der Waals surface area contributed by atoms with Crippen LogP contribution in [0, 0.1) is 46.3 Å². The fourth-order valence-electron chi connectivity index (χ4n) is 8.89. The lowest BCUT2D eigenvalue weighted by Gasteiger charge is -2.59. The second-order valence-corrected chi connectivity index (χ2v) is 12.7. The van der Waals surface area contributed by atoms with Crippen molar-refractivity contribution in [2.75, 3.05) is 0 Å². The van der Waals surface area contributed by atoms with Gasteiger partial charge in [0.1, 0.15) is 0 Å². The van der Waals surface area contributed by atoms with E-state index in [0.717, 1.165) is 37.0 Å². The predicted molar refractivity (Wildman–Crippen MR) is 125 cm³/mol. The molecule has 0 heterocycles. The number of hydrogen-bond donors (Lipinski definition) is 2. The Labute approximate surface area is 185 Å². The summed E-state index contributed by atoms with van der Waals surface area (Å²) in [6.45, 7) is 14.5. The zero-order chi connectivity index (χ0) is 21.8. The summed E-state index contributed by atoms with van der Waals surface area (Å²) in [5.74, 6) is 3.71. The van der Waals surface area contributed by atoms with Gasteiger partial charge in [0.25, 0.3) is 0 Å². The molecule has 4 aliphatic carbocycles. The van der Waals surface area contributed by atoms with Gasteiger partial charge in [-0.05, 0) is 96.9 Å². The van der Waals surface area contributed by atoms with E-state index in [4.69, 9.17) is 0 Å². The van der Waals surface area contributed by atoms with Gasteiger partial charge in [0.05, 0.1) is 12.2 Å². The van der Waals surface area contributed by atoms with E-state index in [0.29, 0.717) is 23.2 Å². The second kappa shape index (κ2) is 8.22. The van der Waals surface area contributed by atoms with Gasteiger partial charge in [0.15, 0.2) is 0 Å². The van der Waals surface area contributed by atoms with Crippen molar-refractivity contribution in [3.8, 4) is 0 Å². The van der Waals surface area contributed by atoms with Crippen molar-refractivity contribution in [1.82, 2.24) is 0 Å². The highest BCUT2D eigenvalue weighted by Gasteiger charge is 2.59. The van der Waals surface area contributed by atoms with Crippen LogP contribution >= 0.6 is 0 Å². The largest absolute Gasteiger partial charge is 0.393 e. The van der Waals surface area contributed by atoms with E-state index in [9.17, 15) is 10.2 Å². The molecule has 0 amide bonds. The molecule has 2 heteroatoms. The maximum absolute atomic E-state index is 11.4. The maximum Gasteiger partial charge on any atom is 0.0758 e. The molecule has 4 rings (SSSR count). The molecule has 0 aromatic rings. The minimum atomic E-state index is -0.273. The summed E-state index contributed by atoms with van der Waals surface area (Å²) in [7, 11) is 0. The Morgan fingerprint density at radius 1 is 1.00 bits per heavy atom. The molecule has 3 fully saturated rings. The van der Waals surface area contributed by atoms with E-state index in [1.165, 1.54) is 50.5 Å². The molecule has 2 nitrogen and oxygen atoms in total. The third-order valence-electron chi connectivity index (χ3n) is 10.7. The van der Waals surface area contributed by atoms with Gasteiger partial charge in [0, 0.05) is 0 Å². The van der Waals surface area contributed by atoms with E-state index in [-0.39, 0.29) is 17.6 Å². The average Bonchev–Trinajstić information content (AvgIpc) is 3.03. The number of rotatable bonds is 5. The fourth-order valence-corrected chi connectivity index (χ4v) is 8.89. The van der Waals surface area contributed by atoms with Crippen molar-refractivity contribution in [2.45, 2.75) is 118 Å². The summed E-state index contributed by atoms with van der Waals surface area (Å²) in [5.41, 5.74) is 3.73. The number of allylic oxidation sites excluding steroid dienone is 1. The van der Waals surface area contributed by atoms with Crippen LogP contribution in [0.2, 0.25) is 0 Å². The standard InChI is InChI=1S/C28H48O2/c1-17(2)8-7-9-18(3)20-10-11-21-26-22(12-14-27(20,21)5)28(6)15-13-24(29)19(4)23(28)16-25(26)30/h17-20,22-25,29-30H,7-16H2,1-6H3/t18-,19+,20-,22?,23?,24+,25-,27-,28-/m1/s1. The molecular formula is C28H48O2. The van der Waals surface area contributed by atoms with Crippen molar-refractivity contribution in [1.29, 1.82) is 0 Å². The third kappa shape index (κ3) is 3.53. The van der Waals surface area contributed by atoms with Crippen LogP contribution in [0.25, 0.3) is 0 Å². The quantitative estimate of drug-likeness (QED) is 0.487. The molecule has 0 bridgehead atoms. The molecule has 0 aromatic carbocycles. The molecule has 3 saturated carbocycles. The van der Waals surface area contributed by atoms with Gasteiger partial charge < -0.3 is 10.2 Å². The van der Waals surface area contributed by atoms with E-state index in [2.05, 4.69) is 41.5 Å². The Morgan fingerprint density at radius 2 is 1.73 bits per heavy atom. The summed E-state index contributed by atoms with van der Waals surface area (Å²) >= 11 is 0. The Bertz CT molecular complexity index is 666. The SMILES string of the molecule is CC(C)CCC[C@@H](C)[C@H]1CCC2=C3C(CC[C@@]21C)[C@@]1(C)CC[C@H](O)[C@@H](C)C1C[C@H]3O. The molecule has 0 saturated heterocycles. The highest BCUT2D eigenvalue weighted by molar-refractivity contribution is 5.37. The van der Waals surface area contributed by atoms with Gasteiger partial charge in [-0.25, -0.2) is 0 Å². The summed E-state index contributed by atoms with van der Waals surface area (Å²) in [6.07, 6.45) is 11.7. The Balaban J connectivity index is 1.60. The molecular weight excluding hydrogens is 368 g/mol. The zero-order valence-corrected chi connectivity index (χ0v) is 20.6. The molecule has 2 N–H and O–H groups in total. The first kappa shape index (κ1) is 22.8. The van der Waals surface area contributed by atoms with Crippen LogP contribution < -0.4 is 0 Å². The summed E-state index contributed by atoms with van der Waals surface area (Å²) < 4.78 is 0. The fraction of sp³-hybridized carbons (Fsp3) is 0.929. The number of aliphatic hydroxyl groups is 2. The second-order valence-electron chi connectivity index (χ2n) is 12.7. The highest BCUT2D eigenvalue weighted by atomic mass is 16.3. The number of aliphatic hydroxyl groups excluding tert-OH is 2. The molecule has 4 aliphatic rings. The lowest BCUT2D eigenvalue weighted by molar-refractivity contribution is -0.100. The summed E-state index contributed by atoms with van der Waals surface area (Å²) in [6, 6.07) is 0. The zero-order valence-electron chi connectivity index (χ0n) is 20.6. The van der Waals surface area contributed by atoms with Gasteiger partial charge in [-0.3, -0.25) is 0 Å². The van der Waals surface area contributed by atoms with Gasteiger partial charge in [-0.1, -0.05) is 66.4 Å². The van der Waals surface area contributed by atoms with E-state index in [1.807, 2.05) is 0 Å². The van der Waals surface area contributed by atoms with Crippen molar-refractivity contribution in [2.24, 2.45) is 46.3 Å². The average molecular weight is 417 g/mol. The van der Waals surface area contributed by atoms with Crippen LogP contribution in [0.1, 0.15) is 106 Å². The normalized spacial score (nSPS) is 47.1. The smallest absolute Gasteiger partial charge is 0.0758 e. The minimum Gasteiger partial charge on any atom is -0.393 e. The van der Waals surface area contributed by atoms with E-state index in [1.54, 1.807) is 5.57 Å². The Hall–Kier alpha value is -0.340. The Kier molecular flexibility index (Phi) is 6.26. The van der Waals surface area contributed by atoms with Gasteiger partial charge in [0.2, 0.25) is 0 Å². The van der Waals surface area contributed by atoms with Crippen molar-refractivity contribution >= 4 is 0 Å². The molecule has 30 heavy (non-hydrogen) atoms. The first-order valence-corrected chi connectivity index (χ1v) is 13.2. The lowest BCUT2D eigenvalue weighted by atomic mass is 9.46. The lowest BCUT2D eigenvalue weighted by Crippen LogP contribution is -2.55. The number of hydrogen-bond acceptors (Lipinski definition) is 2. The van der Waals surface area contributed by atoms with Crippen LogP contribution in [0.5, 0.6) is 0 Å². The molecule has 0 radical (unpaired) electrons. The van der Waals surface area contributed by atoms with Gasteiger partial charge in [-0.15, -0.1) is 0 Å². The minimum absolute atomic E-state index is 0.180. The molecule has 0 aliphatic heterocycles. The van der Waals surface area contributed by atoms with Crippen molar-refractivity contribution < 1.29 is 10.2 Å². The van der Waals surface area contributed by atoms with Crippen molar-refractivity contribution in [3.63, 3.8) is 0 Å². The molecule has 2 unspecified atom stereocenters. The summed E-state index contributed by atoms with van der Waals surface area (Å²) in [4.78, 5) is 0. The van der Waals surface area contributed by atoms with Crippen LogP contribution in [0.3, 0.4) is 0 Å². The van der Waals surface area contributed by atoms with E-state index < -0.39 is 0 Å². The maximum atomic E-state index is 11.4. The highest BCUT2D eigenvalue weighted by Crippen LogP contribution is 2.66. The summed E-state index contributed by atoms with van der Waals surface area (Å²) in [5, 5.41) is 21.9. The topological polar surface area (TPSA) is 40.5 Å². The Morgan fingerprint density at radius 3 is 2.43 bits per heavy atom. The third-order valence-corrected chi connectivity index (χ3v) is 10.7. The van der Waals surface area contributed by atoms with Crippen LogP contribution in [-0.4, -0.2) is 22.4 Å².